The summed E-state index contributed by atoms with van der Waals surface area (Å²) in [6, 6.07) is 7.67. The molecule has 0 atom stereocenters. The average Bonchev–Trinajstić information content (AvgIpc) is 2.48. The Morgan fingerprint density at radius 2 is 1.75 bits per heavy atom. The highest BCUT2D eigenvalue weighted by Crippen LogP contribution is 2.31. The number of nitrogens with two attached hydrogens (primary N) is 1. The molecule has 0 radical (unpaired) electrons. The molecule has 24 heavy (non-hydrogen) atoms. The van der Waals surface area contributed by atoms with Crippen molar-refractivity contribution in [2.24, 2.45) is 5.73 Å². The van der Waals surface area contributed by atoms with Crippen LogP contribution in [0.4, 0.5) is 18.9 Å². The van der Waals surface area contributed by atoms with Crippen molar-refractivity contribution in [2.75, 3.05) is 4.72 Å². The summed E-state index contributed by atoms with van der Waals surface area (Å²) < 4.78 is 65.1. The summed E-state index contributed by atoms with van der Waals surface area (Å²) >= 11 is 0. The molecule has 0 aliphatic rings. The highest BCUT2D eigenvalue weighted by molar-refractivity contribution is 7.92. The Hall–Kier alpha value is -2.55. The topological polar surface area (TPSA) is 89.3 Å². The molecular formula is C15H13F3N2O3S. The predicted octanol–water partition coefficient (Wildman–Crippen LogP) is 2.91. The molecule has 0 spiro atoms. The monoisotopic (exact) mass is 358 g/mol. The number of rotatable bonds is 4. The van der Waals surface area contributed by atoms with E-state index in [1.165, 1.54) is 25.1 Å². The number of primary amides is 1. The molecule has 0 unspecified atom stereocenters. The van der Waals surface area contributed by atoms with Gasteiger partial charge in [0.15, 0.2) is 0 Å². The Morgan fingerprint density at radius 1 is 1.12 bits per heavy atom. The molecule has 2 aromatic carbocycles. The summed E-state index contributed by atoms with van der Waals surface area (Å²) in [5.41, 5.74) is 4.37. The van der Waals surface area contributed by atoms with Gasteiger partial charge in [-0.1, -0.05) is 18.2 Å². The molecule has 0 saturated carbocycles. The number of hydrogen-bond acceptors (Lipinski definition) is 3. The van der Waals surface area contributed by atoms with Gasteiger partial charge in [-0.05, 0) is 36.8 Å². The lowest BCUT2D eigenvalue weighted by Gasteiger charge is -2.14. The van der Waals surface area contributed by atoms with Crippen LogP contribution in [0.25, 0.3) is 0 Å². The quantitative estimate of drug-likeness (QED) is 0.881. The van der Waals surface area contributed by atoms with Crippen LogP contribution >= 0.6 is 0 Å². The molecule has 0 fully saturated rings. The van der Waals surface area contributed by atoms with E-state index in [2.05, 4.69) is 4.72 Å². The molecule has 3 N–H and O–H groups in total. The number of halogens is 3. The minimum atomic E-state index is -4.67. The van der Waals surface area contributed by atoms with Crippen molar-refractivity contribution >= 4 is 21.6 Å². The van der Waals surface area contributed by atoms with Gasteiger partial charge in [0, 0.05) is 0 Å². The first-order valence-electron chi connectivity index (χ1n) is 6.62. The van der Waals surface area contributed by atoms with Crippen LogP contribution < -0.4 is 10.5 Å². The zero-order valence-corrected chi connectivity index (χ0v) is 13.2. The molecule has 0 heterocycles. The highest BCUT2D eigenvalue weighted by atomic mass is 32.2. The summed E-state index contributed by atoms with van der Waals surface area (Å²) in [6.45, 7) is 1.54. The molecule has 0 saturated heterocycles. The molecule has 0 bridgehead atoms. The van der Waals surface area contributed by atoms with Crippen molar-refractivity contribution in [3.05, 3.63) is 59.2 Å². The maximum absolute atomic E-state index is 12.7. The normalized spacial score (nSPS) is 12.0. The maximum atomic E-state index is 12.7. The second-order valence-corrected chi connectivity index (χ2v) is 6.68. The summed E-state index contributed by atoms with van der Waals surface area (Å²) in [6.07, 6.45) is -4.67. The summed E-state index contributed by atoms with van der Waals surface area (Å²) in [5.74, 6) is -0.861. The number of nitrogens with one attached hydrogen (secondary N) is 1. The second kappa shape index (κ2) is 6.16. The third kappa shape index (κ3) is 3.67. The minimum absolute atomic E-state index is 0.0672. The number of hydrogen-bond donors (Lipinski definition) is 2. The number of amides is 1. The van der Waals surface area contributed by atoms with Crippen LogP contribution in [-0.2, 0) is 16.2 Å². The van der Waals surface area contributed by atoms with Gasteiger partial charge in [0.2, 0.25) is 0 Å². The maximum Gasteiger partial charge on any atom is 0.416 e. The second-order valence-electron chi connectivity index (χ2n) is 4.99. The molecule has 2 aromatic rings. The van der Waals surface area contributed by atoms with Gasteiger partial charge in [-0.15, -0.1) is 0 Å². The Morgan fingerprint density at radius 3 is 2.33 bits per heavy atom. The zero-order valence-electron chi connectivity index (χ0n) is 12.4. The van der Waals surface area contributed by atoms with Crippen molar-refractivity contribution in [2.45, 2.75) is 18.0 Å². The summed E-state index contributed by atoms with van der Waals surface area (Å²) in [4.78, 5) is 10.8. The van der Waals surface area contributed by atoms with Gasteiger partial charge >= 0.3 is 6.18 Å². The lowest BCUT2D eigenvalue weighted by molar-refractivity contribution is -0.137. The Labute approximate surface area is 136 Å². The van der Waals surface area contributed by atoms with E-state index in [-0.39, 0.29) is 11.3 Å². The van der Waals surface area contributed by atoms with Gasteiger partial charge in [0.1, 0.15) is 0 Å². The first-order chi connectivity index (χ1) is 11.0. The SMILES string of the molecule is Cc1cccc(C(N)=O)c1NS(=O)(=O)c1cccc(C(F)(F)F)c1. The molecule has 0 aromatic heterocycles. The van der Waals surface area contributed by atoms with E-state index < -0.39 is 32.6 Å². The van der Waals surface area contributed by atoms with E-state index in [9.17, 15) is 26.4 Å². The van der Waals surface area contributed by atoms with Crippen LogP contribution in [-0.4, -0.2) is 14.3 Å². The summed E-state index contributed by atoms with van der Waals surface area (Å²) in [5, 5.41) is 0. The van der Waals surface area contributed by atoms with E-state index >= 15 is 0 Å². The van der Waals surface area contributed by atoms with Gasteiger partial charge in [0.05, 0.1) is 21.7 Å². The molecule has 2 rings (SSSR count). The predicted molar refractivity (Wildman–Crippen MR) is 81.9 cm³/mol. The first-order valence-corrected chi connectivity index (χ1v) is 8.10. The van der Waals surface area contributed by atoms with Crippen molar-refractivity contribution in [3.63, 3.8) is 0 Å². The van der Waals surface area contributed by atoms with Crippen LogP contribution in [0.15, 0.2) is 47.4 Å². The van der Waals surface area contributed by atoms with Crippen molar-refractivity contribution in [1.82, 2.24) is 0 Å². The van der Waals surface area contributed by atoms with Crippen LogP contribution in [0.2, 0.25) is 0 Å². The molecule has 5 nitrogen and oxygen atoms in total. The lowest BCUT2D eigenvalue weighted by atomic mass is 10.1. The third-order valence-electron chi connectivity index (χ3n) is 3.25. The zero-order chi connectivity index (χ0) is 18.1. The van der Waals surface area contributed by atoms with E-state index in [1.807, 2.05) is 0 Å². The van der Waals surface area contributed by atoms with E-state index in [0.29, 0.717) is 11.6 Å². The van der Waals surface area contributed by atoms with Crippen LogP contribution in [0.5, 0.6) is 0 Å². The number of anilines is 1. The van der Waals surface area contributed by atoms with Crippen LogP contribution in [0, 0.1) is 6.92 Å². The number of para-hydroxylation sites is 1. The Bertz CT molecular complexity index is 893. The van der Waals surface area contributed by atoms with Crippen LogP contribution in [0.3, 0.4) is 0 Å². The molecule has 0 aliphatic heterocycles. The number of sulfonamides is 1. The van der Waals surface area contributed by atoms with Crippen molar-refractivity contribution < 1.29 is 26.4 Å². The Balaban J connectivity index is 2.49. The first kappa shape index (κ1) is 17.8. The molecule has 128 valence electrons. The lowest BCUT2D eigenvalue weighted by Crippen LogP contribution is -2.20. The molecule has 9 heteroatoms. The fourth-order valence-electron chi connectivity index (χ4n) is 2.04. The van der Waals surface area contributed by atoms with E-state index in [0.717, 1.165) is 18.2 Å². The minimum Gasteiger partial charge on any atom is -0.366 e. The molecule has 1 amide bonds. The number of carbonyl (C=O) groups is 1. The van der Waals surface area contributed by atoms with E-state index in [1.54, 1.807) is 0 Å². The fraction of sp³-hybridized carbons (Fsp3) is 0.133. The molecular weight excluding hydrogens is 345 g/mol. The number of alkyl halides is 3. The Kier molecular flexibility index (Phi) is 4.57. The van der Waals surface area contributed by atoms with Gasteiger partial charge in [-0.2, -0.15) is 13.2 Å². The van der Waals surface area contributed by atoms with Crippen LogP contribution in [0.1, 0.15) is 21.5 Å². The number of carbonyl (C=O) groups excluding carboxylic acids is 1. The van der Waals surface area contributed by atoms with Gasteiger partial charge in [-0.3, -0.25) is 9.52 Å². The number of aryl methyl sites for hydroxylation is 1. The third-order valence-corrected chi connectivity index (χ3v) is 4.59. The fourth-order valence-corrected chi connectivity index (χ4v) is 3.24. The van der Waals surface area contributed by atoms with Crippen molar-refractivity contribution in [3.8, 4) is 0 Å². The van der Waals surface area contributed by atoms with Crippen molar-refractivity contribution in [1.29, 1.82) is 0 Å². The van der Waals surface area contributed by atoms with Gasteiger partial charge < -0.3 is 5.73 Å². The molecule has 0 aliphatic carbocycles. The van der Waals surface area contributed by atoms with Gasteiger partial charge in [-0.25, -0.2) is 8.42 Å². The van der Waals surface area contributed by atoms with Gasteiger partial charge in [0.25, 0.3) is 15.9 Å². The largest absolute Gasteiger partial charge is 0.416 e. The summed E-state index contributed by atoms with van der Waals surface area (Å²) in [7, 11) is -4.33. The van der Waals surface area contributed by atoms with E-state index in [4.69, 9.17) is 5.73 Å². The number of benzene rings is 2. The highest BCUT2D eigenvalue weighted by Gasteiger charge is 2.32. The smallest absolute Gasteiger partial charge is 0.366 e. The standard InChI is InChI=1S/C15H13F3N2O3S/c1-9-4-2-7-12(14(19)21)13(9)20-24(22,23)11-6-3-5-10(8-11)15(16,17)18/h2-8,20H,1H3,(H2,19,21). The average molecular weight is 358 g/mol.